The van der Waals surface area contributed by atoms with Crippen LogP contribution in [-0.2, 0) is 4.74 Å². The Balaban J connectivity index is 2.26. The molecule has 1 saturated heterocycles. The molecule has 0 aromatic carbocycles. The van der Waals surface area contributed by atoms with Crippen LogP contribution in [-0.4, -0.2) is 36.8 Å². The van der Waals surface area contributed by atoms with Crippen molar-refractivity contribution < 1.29 is 4.74 Å². The minimum absolute atomic E-state index is 0.572. The standard InChI is InChI=1S/C11H23NOS/c1-3-7-12-10(9-13-4-2)11-6-5-8-14-11/h10-12H,3-9H2,1-2H3. The molecule has 0 amide bonds. The summed E-state index contributed by atoms with van der Waals surface area (Å²) in [6.07, 6.45) is 3.95. The highest BCUT2D eigenvalue weighted by molar-refractivity contribution is 8.00. The van der Waals surface area contributed by atoms with E-state index in [2.05, 4.69) is 30.9 Å². The van der Waals surface area contributed by atoms with Gasteiger partial charge < -0.3 is 10.1 Å². The molecule has 14 heavy (non-hydrogen) atoms. The molecule has 1 rings (SSSR count). The Morgan fingerprint density at radius 3 is 2.93 bits per heavy atom. The average molecular weight is 217 g/mol. The molecule has 0 radical (unpaired) electrons. The van der Waals surface area contributed by atoms with Crippen molar-refractivity contribution in [3.05, 3.63) is 0 Å². The quantitative estimate of drug-likeness (QED) is 0.707. The second kappa shape index (κ2) is 7.55. The molecule has 1 aliphatic heterocycles. The van der Waals surface area contributed by atoms with Gasteiger partial charge in [0.15, 0.2) is 0 Å². The molecule has 1 N–H and O–H groups in total. The normalized spacial score (nSPS) is 24.0. The van der Waals surface area contributed by atoms with Crippen molar-refractivity contribution in [1.29, 1.82) is 0 Å². The third kappa shape index (κ3) is 4.20. The van der Waals surface area contributed by atoms with Crippen LogP contribution in [0.15, 0.2) is 0 Å². The maximum atomic E-state index is 5.53. The van der Waals surface area contributed by atoms with Crippen molar-refractivity contribution in [3.8, 4) is 0 Å². The molecule has 0 saturated carbocycles. The van der Waals surface area contributed by atoms with Crippen LogP contribution in [0.2, 0.25) is 0 Å². The number of nitrogens with one attached hydrogen (secondary N) is 1. The molecule has 84 valence electrons. The Hall–Kier alpha value is 0.270. The third-order valence-corrected chi connectivity index (χ3v) is 4.09. The fourth-order valence-electron chi connectivity index (χ4n) is 1.79. The maximum absolute atomic E-state index is 5.53. The smallest absolute Gasteiger partial charge is 0.0630 e. The van der Waals surface area contributed by atoms with E-state index >= 15 is 0 Å². The molecule has 0 aromatic rings. The summed E-state index contributed by atoms with van der Waals surface area (Å²) in [6.45, 7) is 7.12. The van der Waals surface area contributed by atoms with Gasteiger partial charge in [0.1, 0.15) is 0 Å². The number of rotatable bonds is 7. The lowest BCUT2D eigenvalue weighted by atomic mass is 10.1. The minimum atomic E-state index is 0.572. The van der Waals surface area contributed by atoms with Gasteiger partial charge in [0, 0.05) is 17.9 Å². The summed E-state index contributed by atoms with van der Waals surface area (Å²) < 4.78 is 5.53. The first-order chi connectivity index (χ1) is 6.88. The number of ether oxygens (including phenoxy) is 1. The molecule has 0 aromatic heterocycles. The molecule has 0 spiro atoms. The summed E-state index contributed by atoms with van der Waals surface area (Å²) in [5.41, 5.74) is 0. The highest BCUT2D eigenvalue weighted by atomic mass is 32.2. The zero-order valence-corrected chi connectivity index (χ0v) is 10.2. The first-order valence-corrected chi connectivity index (χ1v) is 6.86. The van der Waals surface area contributed by atoms with Crippen LogP contribution < -0.4 is 5.32 Å². The number of thioether (sulfide) groups is 1. The SMILES string of the molecule is CCCNC(COCC)C1CCCS1. The van der Waals surface area contributed by atoms with E-state index in [1.165, 1.54) is 25.0 Å². The van der Waals surface area contributed by atoms with Gasteiger partial charge in [-0.2, -0.15) is 11.8 Å². The molecule has 0 bridgehead atoms. The van der Waals surface area contributed by atoms with Crippen molar-refractivity contribution in [1.82, 2.24) is 5.32 Å². The van der Waals surface area contributed by atoms with Crippen molar-refractivity contribution in [2.24, 2.45) is 0 Å². The van der Waals surface area contributed by atoms with Crippen LogP contribution >= 0.6 is 11.8 Å². The Morgan fingerprint density at radius 2 is 2.36 bits per heavy atom. The molecule has 1 fully saturated rings. The second-order valence-corrected chi connectivity index (χ2v) is 5.12. The lowest BCUT2D eigenvalue weighted by Crippen LogP contribution is -2.41. The fraction of sp³-hybridized carbons (Fsp3) is 1.00. The highest BCUT2D eigenvalue weighted by Gasteiger charge is 2.24. The zero-order valence-electron chi connectivity index (χ0n) is 9.42. The first-order valence-electron chi connectivity index (χ1n) is 5.81. The third-order valence-electron chi connectivity index (χ3n) is 2.57. The van der Waals surface area contributed by atoms with Gasteiger partial charge in [0.25, 0.3) is 0 Å². The van der Waals surface area contributed by atoms with Crippen LogP contribution in [0.3, 0.4) is 0 Å². The molecule has 2 atom stereocenters. The van der Waals surface area contributed by atoms with Crippen LogP contribution in [0, 0.1) is 0 Å². The van der Waals surface area contributed by atoms with E-state index < -0.39 is 0 Å². The monoisotopic (exact) mass is 217 g/mol. The summed E-state index contributed by atoms with van der Waals surface area (Å²) in [6, 6.07) is 0.572. The van der Waals surface area contributed by atoms with E-state index in [0.717, 1.165) is 25.0 Å². The predicted molar refractivity (Wildman–Crippen MR) is 64.1 cm³/mol. The van der Waals surface area contributed by atoms with E-state index in [4.69, 9.17) is 4.74 Å². The van der Waals surface area contributed by atoms with Gasteiger partial charge in [-0.05, 0) is 38.5 Å². The molecule has 2 nitrogen and oxygen atoms in total. The van der Waals surface area contributed by atoms with E-state index in [0.29, 0.717) is 6.04 Å². The maximum Gasteiger partial charge on any atom is 0.0630 e. The molecular weight excluding hydrogens is 194 g/mol. The minimum Gasteiger partial charge on any atom is -0.380 e. The lowest BCUT2D eigenvalue weighted by Gasteiger charge is -2.23. The summed E-state index contributed by atoms with van der Waals surface area (Å²) in [5.74, 6) is 1.33. The molecule has 0 aliphatic carbocycles. The second-order valence-electron chi connectivity index (χ2n) is 3.77. The summed E-state index contributed by atoms with van der Waals surface area (Å²) in [5, 5.41) is 4.39. The average Bonchev–Trinajstić information content (AvgIpc) is 2.71. The number of hydrogen-bond acceptors (Lipinski definition) is 3. The Labute approximate surface area is 92.2 Å². The largest absolute Gasteiger partial charge is 0.380 e. The van der Waals surface area contributed by atoms with Gasteiger partial charge in [0.05, 0.1) is 6.61 Å². The van der Waals surface area contributed by atoms with Crippen LogP contribution in [0.5, 0.6) is 0 Å². The summed E-state index contributed by atoms with van der Waals surface area (Å²) >= 11 is 2.11. The summed E-state index contributed by atoms with van der Waals surface area (Å²) in [7, 11) is 0. The Morgan fingerprint density at radius 1 is 1.50 bits per heavy atom. The molecule has 3 heteroatoms. The van der Waals surface area contributed by atoms with Crippen LogP contribution in [0.25, 0.3) is 0 Å². The lowest BCUT2D eigenvalue weighted by molar-refractivity contribution is 0.121. The van der Waals surface area contributed by atoms with Gasteiger partial charge in [-0.3, -0.25) is 0 Å². The molecular formula is C11H23NOS. The highest BCUT2D eigenvalue weighted by Crippen LogP contribution is 2.28. The van der Waals surface area contributed by atoms with Crippen molar-refractivity contribution in [3.63, 3.8) is 0 Å². The van der Waals surface area contributed by atoms with Gasteiger partial charge in [-0.15, -0.1) is 0 Å². The van der Waals surface area contributed by atoms with E-state index in [1.807, 2.05) is 0 Å². The first kappa shape index (κ1) is 12.3. The Kier molecular flexibility index (Phi) is 6.65. The van der Waals surface area contributed by atoms with Gasteiger partial charge >= 0.3 is 0 Å². The molecule has 1 aliphatic rings. The summed E-state index contributed by atoms with van der Waals surface area (Å²) in [4.78, 5) is 0. The zero-order chi connectivity index (χ0) is 10.2. The Bertz CT molecular complexity index is 129. The predicted octanol–water partition coefficient (Wildman–Crippen LogP) is 2.29. The fourth-order valence-corrected chi connectivity index (χ4v) is 3.17. The van der Waals surface area contributed by atoms with Gasteiger partial charge in [-0.1, -0.05) is 6.92 Å². The van der Waals surface area contributed by atoms with Gasteiger partial charge in [-0.25, -0.2) is 0 Å². The topological polar surface area (TPSA) is 21.3 Å². The number of hydrogen-bond donors (Lipinski definition) is 1. The van der Waals surface area contributed by atoms with Crippen LogP contribution in [0.1, 0.15) is 33.1 Å². The van der Waals surface area contributed by atoms with Gasteiger partial charge in [0.2, 0.25) is 0 Å². The van der Waals surface area contributed by atoms with E-state index in [-0.39, 0.29) is 0 Å². The van der Waals surface area contributed by atoms with E-state index in [1.54, 1.807) is 0 Å². The molecule has 2 unspecified atom stereocenters. The van der Waals surface area contributed by atoms with Crippen molar-refractivity contribution >= 4 is 11.8 Å². The van der Waals surface area contributed by atoms with Crippen molar-refractivity contribution in [2.45, 2.75) is 44.4 Å². The van der Waals surface area contributed by atoms with E-state index in [9.17, 15) is 0 Å². The van der Waals surface area contributed by atoms with Crippen LogP contribution in [0.4, 0.5) is 0 Å². The molecule has 1 heterocycles. The van der Waals surface area contributed by atoms with Crippen molar-refractivity contribution in [2.75, 3.05) is 25.5 Å².